The van der Waals surface area contributed by atoms with Gasteiger partial charge in [-0.2, -0.15) is 17.5 Å². The number of carbonyl (C=O) groups is 1. The van der Waals surface area contributed by atoms with Gasteiger partial charge in [-0.1, -0.05) is 23.7 Å². The van der Waals surface area contributed by atoms with E-state index in [1.54, 1.807) is 11.0 Å². The molecule has 0 N–H and O–H groups in total. The molecule has 31 heavy (non-hydrogen) atoms. The average molecular weight is 495 g/mol. The Kier molecular flexibility index (Phi) is 7.35. The lowest BCUT2D eigenvalue weighted by atomic mass is 9.96. The quantitative estimate of drug-likeness (QED) is 0.575. The van der Waals surface area contributed by atoms with Gasteiger partial charge in [0.05, 0.1) is 21.3 Å². The van der Waals surface area contributed by atoms with Gasteiger partial charge in [-0.25, -0.2) is 8.42 Å². The fourth-order valence-corrected chi connectivity index (χ4v) is 6.42. The van der Waals surface area contributed by atoms with Crippen molar-refractivity contribution >= 4 is 38.9 Å². The molecule has 0 bridgehead atoms. The average Bonchev–Trinajstić information content (AvgIpc) is 3.15. The molecule has 2 aromatic rings. The van der Waals surface area contributed by atoms with Crippen molar-refractivity contribution in [2.75, 3.05) is 19.6 Å². The summed E-state index contributed by atoms with van der Waals surface area (Å²) < 4.78 is 67.3. The van der Waals surface area contributed by atoms with Gasteiger partial charge >= 0.3 is 6.18 Å². The lowest BCUT2D eigenvalue weighted by Gasteiger charge is -2.33. The van der Waals surface area contributed by atoms with Gasteiger partial charge in [0, 0.05) is 30.4 Å². The van der Waals surface area contributed by atoms with Crippen molar-refractivity contribution in [2.45, 2.75) is 37.4 Å². The number of sulfonamides is 1. The summed E-state index contributed by atoms with van der Waals surface area (Å²) in [4.78, 5) is 14.8. The summed E-state index contributed by atoms with van der Waals surface area (Å²) in [5, 5.41) is 0. The predicted octanol–water partition coefficient (Wildman–Crippen LogP) is 4.87. The summed E-state index contributed by atoms with van der Waals surface area (Å²) >= 11 is 7.34. The largest absolute Gasteiger partial charge is 0.417 e. The molecule has 0 saturated carbocycles. The molecule has 11 heteroatoms. The number of halogens is 4. The van der Waals surface area contributed by atoms with Crippen molar-refractivity contribution in [2.24, 2.45) is 5.92 Å². The zero-order chi connectivity index (χ0) is 22.8. The molecule has 1 amide bonds. The minimum atomic E-state index is -4.77. The first-order chi connectivity index (χ1) is 14.5. The molecule has 1 saturated heterocycles. The van der Waals surface area contributed by atoms with Gasteiger partial charge in [-0.05, 0) is 44.0 Å². The van der Waals surface area contributed by atoms with E-state index in [9.17, 15) is 26.4 Å². The second kappa shape index (κ2) is 9.48. The number of piperidine rings is 1. The van der Waals surface area contributed by atoms with Gasteiger partial charge in [0.1, 0.15) is 0 Å². The summed E-state index contributed by atoms with van der Waals surface area (Å²) in [6.07, 6.45) is -4.26. The van der Waals surface area contributed by atoms with E-state index in [4.69, 9.17) is 11.6 Å². The van der Waals surface area contributed by atoms with Crippen molar-refractivity contribution in [1.82, 2.24) is 9.21 Å². The third kappa shape index (κ3) is 5.42. The van der Waals surface area contributed by atoms with E-state index in [2.05, 4.69) is 0 Å². The molecule has 1 aromatic heterocycles. The van der Waals surface area contributed by atoms with Gasteiger partial charge < -0.3 is 4.90 Å². The molecule has 0 spiro atoms. The first kappa shape index (κ1) is 24.0. The summed E-state index contributed by atoms with van der Waals surface area (Å²) in [6, 6.07) is 7.79. The van der Waals surface area contributed by atoms with Crippen molar-refractivity contribution in [3.8, 4) is 0 Å². The maximum Gasteiger partial charge on any atom is 0.417 e. The Labute approximate surface area is 188 Å². The molecule has 1 fully saturated rings. The van der Waals surface area contributed by atoms with Crippen LogP contribution in [0.5, 0.6) is 0 Å². The number of hydrogen-bond acceptors (Lipinski definition) is 4. The second-order valence-corrected chi connectivity index (χ2v) is 10.9. The number of alkyl halides is 3. The van der Waals surface area contributed by atoms with Crippen molar-refractivity contribution in [3.63, 3.8) is 0 Å². The van der Waals surface area contributed by atoms with Gasteiger partial charge in [0.15, 0.2) is 0 Å². The molecule has 5 nitrogen and oxygen atoms in total. The Morgan fingerprint density at radius 1 is 1.19 bits per heavy atom. The van der Waals surface area contributed by atoms with Crippen molar-refractivity contribution in [1.29, 1.82) is 0 Å². The fourth-order valence-electron chi connectivity index (χ4n) is 3.64. The van der Waals surface area contributed by atoms with Crippen LogP contribution >= 0.6 is 22.9 Å². The monoisotopic (exact) mass is 494 g/mol. The highest BCUT2D eigenvalue weighted by Gasteiger charge is 2.40. The van der Waals surface area contributed by atoms with E-state index in [0.717, 1.165) is 27.4 Å². The Balaban J connectivity index is 1.69. The van der Waals surface area contributed by atoms with E-state index in [1.807, 2.05) is 13.0 Å². The highest BCUT2D eigenvalue weighted by Crippen LogP contribution is 2.36. The van der Waals surface area contributed by atoms with E-state index in [0.29, 0.717) is 17.4 Å². The molecular formula is C20H22ClF3N2O3S2. The zero-order valence-electron chi connectivity index (χ0n) is 16.7. The third-order valence-corrected chi connectivity index (χ3v) is 8.46. The molecule has 0 radical (unpaired) electrons. The Hall–Kier alpha value is -1.62. The summed E-state index contributed by atoms with van der Waals surface area (Å²) in [7, 11) is -4.32. The van der Waals surface area contributed by atoms with Crippen LogP contribution in [-0.4, -0.2) is 43.2 Å². The SMILES string of the molecule is CCN(Cc1ccc(Cl)s1)C(=O)C1CCN(S(=O)(=O)c2ccccc2C(F)(F)F)CC1. The second-order valence-electron chi connectivity index (χ2n) is 7.23. The van der Waals surface area contributed by atoms with Crippen LogP contribution in [-0.2, 0) is 27.5 Å². The van der Waals surface area contributed by atoms with Gasteiger partial charge in [-0.3, -0.25) is 4.79 Å². The first-order valence-corrected chi connectivity index (χ1v) is 12.4. The van der Waals surface area contributed by atoms with Crippen LogP contribution in [0.3, 0.4) is 0 Å². The summed E-state index contributed by atoms with van der Waals surface area (Å²) in [5.74, 6) is -0.459. The van der Waals surface area contributed by atoms with E-state index in [-0.39, 0.29) is 37.8 Å². The van der Waals surface area contributed by atoms with Gasteiger partial charge in [-0.15, -0.1) is 11.3 Å². The van der Waals surface area contributed by atoms with E-state index < -0.39 is 26.7 Å². The lowest BCUT2D eigenvalue weighted by Crippen LogP contribution is -2.44. The van der Waals surface area contributed by atoms with Crippen LogP contribution in [0.1, 0.15) is 30.2 Å². The number of thiophene rings is 1. The molecule has 0 unspecified atom stereocenters. The highest BCUT2D eigenvalue weighted by atomic mass is 35.5. The summed E-state index contributed by atoms with van der Waals surface area (Å²) in [6.45, 7) is 2.76. The molecule has 3 rings (SSSR count). The molecule has 1 aliphatic heterocycles. The minimum absolute atomic E-state index is 0.00663. The van der Waals surface area contributed by atoms with Crippen LogP contribution in [0.4, 0.5) is 13.2 Å². The molecule has 1 aliphatic rings. The third-order valence-electron chi connectivity index (χ3n) is 5.28. The lowest BCUT2D eigenvalue weighted by molar-refractivity contribution is -0.140. The number of benzene rings is 1. The molecular weight excluding hydrogens is 473 g/mol. The molecule has 1 aromatic carbocycles. The van der Waals surface area contributed by atoms with E-state index in [1.165, 1.54) is 17.4 Å². The zero-order valence-corrected chi connectivity index (χ0v) is 19.1. The van der Waals surface area contributed by atoms with Crippen LogP contribution in [0.2, 0.25) is 4.34 Å². The number of hydrogen-bond donors (Lipinski definition) is 0. The Morgan fingerprint density at radius 2 is 1.84 bits per heavy atom. The van der Waals surface area contributed by atoms with Crippen LogP contribution in [0.25, 0.3) is 0 Å². The predicted molar refractivity (Wildman–Crippen MR) is 113 cm³/mol. The molecule has 170 valence electrons. The maximum absolute atomic E-state index is 13.3. The molecule has 0 aliphatic carbocycles. The number of amides is 1. The minimum Gasteiger partial charge on any atom is -0.338 e. The molecule has 0 atom stereocenters. The van der Waals surface area contributed by atoms with Crippen molar-refractivity contribution < 1.29 is 26.4 Å². The summed E-state index contributed by atoms with van der Waals surface area (Å²) in [5.41, 5.74) is -1.18. The van der Waals surface area contributed by atoms with Gasteiger partial charge in [0.25, 0.3) is 0 Å². The van der Waals surface area contributed by atoms with Crippen molar-refractivity contribution in [3.05, 3.63) is 51.2 Å². The maximum atomic E-state index is 13.3. The smallest absolute Gasteiger partial charge is 0.338 e. The number of nitrogens with zero attached hydrogens (tertiary/aromatic N) is 2. The van der Waals surface area contributed by atoms with Gasteiger partial charge in [0.2, 0.25) is 15.9 Å². The standard InChI is InChI=1S/C20H22ClF3N2O3S2/c1-2-25(13-15-7-8-18(21)30-15)19(27)14-9-11-26(12-10-14)31(28,29)17-6-4-3-5-16(17)20(22,23)24/h3-8,14H,2,9-13H2,1H3. The first-order valence-electron chi connectivity index (χ1n) is 9.73. The molecule has 2 heterocycles. The Morgan fingerprint density at radius 3 is 2.39 bits per heavy atom. The number of rotatable bonds is 6. The van der Waals surface area contributed by atoms with Crippen LogP contribution in [0.15, 0.2) is 41.3 Å². The Bertz CT molecular complexity index is 1030. The van der Waals surface area contributed by atoms with E-state index >= 15 is 0 Å². The normalized spacial score (nSPS) is 16.4. The fraction of sp³-hybridized carbons (Fsp3) is 0.450. The number of carbonyl (C=O) groups excluding carboxylic acids is 1. The highest BCUT2D eigenvalue weighted by molar-refractivity contribution is 7.89. The van der Waals surface area contributed by atoms with Crippen LogP contribution in [0, 0.1) is 5.92 Å². The topological polar surface area (TPSA) is 57.7 Å². The van der Waals surface area contributed by atoms with Crippen LogP contribution < -0.4 is 0 Å².